The van der Waals surface area contributed by atoms with Crippen LogP contribution in [0.4, 0.5) is 10.8 Å². The van der Waals surface area contributed by atoms with Gasteiger partial charge in [-0.3, -0.25) is 0 Å². The van der Waals surface area contributed by atoms with Gasteiger partial charge in [0.15, 0.2) is 5.13 Å². The molecule has 30 heavy (non-hydrogen) atoms. The van der Waals surface area contributed by atoms with Crippen LogP contribution in [0, 0.1) is 6.92 Å². The van der Waals surface area contributed by atoms with Crippen LogP contribution in [0.15, 0.2) is 71.2 Å². The van der Waals surface area contributed by atoms with E-state index in [1.54, 1.807) is 6.92 Å². The number of nitrogens with two attached hydrogens (primary N) is 1. The standard InChI is InChI=1S/C12H13N.C11H9BrN2O2S/c1-9(13)11-7-6-10-4-2-3-5-12(10)8-11;1-6-9(10(15)16)17-11(13-6)14-8-4-2-7(12)3-5-8/h2-9H,13H2,1H3;2-5H,1H3,(H,13,14)(H,15,16)/t9-;/m1./s1. The minimum Gasteiger partial charge on any atom is -0.477 e. The quantitative estimate of drug-likeness (QED) is 0.307. The fourth-order valence-corrected chi connectivity index (χ4v) is 3.89. The summed E-state index contributed by atoms with van der Waals surface area (Å²) in [6.45, 7) is 3.69. The first-order valence-electron chi connectivity index (χ1n) is 9.31. The van der Waals surface area contributed by atoms with Crippen LogP contribution in [-0.4, -0.2) is 16.1 Å². The van der Waals surface area contributed by atoms with Crippen LogP contribution in [0.3, 0.4) is 0 Å². The fourth-order valence-electron chi connectivity index (χ4n) is 2.80. The molecule has 0 amide bonds. The molecule has 154 valence electrons. The Bertz CT molecular complexity index is 1160. The van der Waals surface area contributed by atoms with E-state index in [4.69, 9.17) is 10.8 Å². The number of nitrogens with zero attached hydrogens (tertiary/aromatic N) is 1. The minimum absolute atomic E-state index is 0.115. The Kier molecular flexibility index (Phi) is 7.20. The number of hydrogen-bond donors (Lipinski definition) is 3. The Morgan fingerprint density at radius 3 is 2.37 bits per heavy atom. The third-order valence-corrected chi connectivity index (χ3v) is 5.98. The van der Waals surface area contributed by atoms with Gasteiger partial charge in [-0.1, -0.05) is 63.7 Å². The number of halogens is 1. The van der Waals surface area contributed by atoms with E-state index in [-0.39, 0.29) is 10.9 Å². The summed E-state index contributed by atoms with van der Waals surface area (Å²) in [5.74, 6) is -0.941. The van der Waals surface area contributed by atoms with Crippen LogP contribution in [0.5, 0.6) is 0 Å². The van der Waals surface area contributed by atoms with Crippen LogP contribution in [-0.2, 0) is 0 Å². The summed E-state index contributed by atoms with van der Waals surface area (Å²) in [5.41, 5.74) is 8.40. The maximum Gasteiger partial charge on any atom is 0.347 e. The molecule has 0 bridgehead atoms. The summed E-state index contributed by atoms with van der Waals surface area (Å²) >= 11 is 4.48. The molecule has 4 N–H and O–H groups in total. The van der Waals surface area contributed by atoms with E-state index in [0.29, 0.717) is 10.8 Å². The lowest BCUT2D eigenvalue weighted by molar-refractivity contribution is 0.0701. The van der Waals surface area contributed by atoms with E-state index in [0.717, 1.165) is 21.5 Å². The molecule has 0 radical (unpaired) electrons. The molecule has 0 saturated carbocycles. The lowest BCUT2D eigenvalue weighted by Gasteiger charge is -2.06. The van der Waals surface area contributed by atoms with Crippen LogP contribution in [0.1, 0.15) is 33.9 Å². The van der Waals surface area contributed by atoms with Crippen molar-refractivity contribution in [1.29, 1.82) is 0 Å². The number of carboxylic acid groups (broad SMARTS) is 1. The van der Waals surface area contributed by atoms with Crippen molar-refractivity contribution in [3.05, 3.63) is 87.3 Å². The van der Waals surface area contributed by atoms with E-state index in [2.05, 4.69) is 56.6 Å². The number of aromatic nitrogens is 1. The van der Waals surface area contributed by atoms with Crippen LogP contribution in [0.25, 0.3) is 10.8 Å². The van der Waals surface area contributed by atoms with E-state index in [9.17, 15) is 4.79 Å². The summed E-state index contributed by atoms with van der Waals surface area (Å²) in [4.78, 5) is 15.3. The molecule has 0 saturated heterocycles. The summed E-state index contributed by atoms with van der Waals surface area (Å²) in [5, 5.41) is 15.1. The van der Waals surface area contributed by atoms with Crippen LogP contribution >= 0.6 is 27.3 Å². The van der Waals surface area contributed by atoms with Crippen LogP contribution < -0.4 is 11.1 Å². The number of fused-ring (bicyclic) bond motifs is 1. The molecule has 0 aliphatic carbocycles. The van der Waals surface area contributed by atoms with Crippen molar-refractivity contribution in [2.24, 2.45) is 5.73 Å². The zero-order chi connectivity index (χ0) is 21.7. The third kappa shape index (κ3) is 5.66. The summed E-state index contributed by atoms with van der Waals surface area (Å²) in [6.07, 6.45) is 0. The van der Waals surface area contributed by atoms with Gasteiger partial charge in [0.2, 0.25) is 0 Å². The van der Waals surface area contributed by atoms with E-state index in [1.165, 1.54) is 16.3 Å². The maximum absolute atomic E-state index is 10.9. The molecule has 0 fully saturated rings. The molecule has 1 aromatic heterocycles. The van der Waals surface area contributed by atoms with Crippen molar-refractivity contribution < 1.29 is 9.90 Å². The van der Waals surface area contributed by atoms with Gasteiger partial charge in [-0.2, -0.15) is 0 Å². The van der Waals surface area contributed by atoms with Crippen molar-refractivity contribution in [1.82, 2.24) is 4.98 Å². The van der Waals surface area contributed by atoms with E-state index < -0.39 is 5.97 Å². The Hall–Kier alpha value is -2.74. The molecule has 7 heteroatoms. The average Bonchev–Trinajstić information content (AvgIpc) is 3.10. The van der Waals surface area contributed by atoms with Gasteiger partial charge in [0.1, 0.15) is 4.88 Å². The van der Waals surface area contributed by atoms with Gasteiger partial charge in [0.25, 0.3) is 0 Å². The predicted octanol–water partition coefficient (Wildman–Crippen LogP) is 6.52. The monoisotopic (exact) mass is 483 g/mol. The maximum atomic E-state index is 10.9. The number of carbonyl (C=O) groups is 1. The van der Waals surface area contributed by atoms with E-state index >= 15 is 0 Å². The summed E-state index contributed by atoms with van der Waals surface area (Å²) in [6, 6.07) is 22.4. The van der Waals surface area contributed by atoms with Crippen molar-refractivity contribution in [3.63, 3.8) is 0 Å². The molecular formula is C23H22BrN3O2S. The fraction of sp³-hybridized carbons (Fsp3) is 0.130. The van der Waals surface area contributed by atoms with Crippen molar-refractivity contribution in [2.75, 3.05) is 5.32 Å². The smallest absolute Gasteiger partial charge is 0.347 e. The van der Waals surface area contributed by atoms with Crippen LogP contribution in [0.2, 0.25) is 0 Å². The number of hydrogen-bond acceptors (Lipinski definition) is 5. The number of nitrogens with one attached hydrogen (secondary N) is 1. The first-order valence-corrected chi connectivity index (χ1v) is 10.9. The lowest BCUT2D eigenvalue weighted by Crippen LogP contribution is -2.04. The number of aryl methyl sites for hydroxylation is 1. The summed E-state index contributed by atoms with van der Waals surface area (Å²) in [7, 11) is 0. The molecule has 4 aromatic rings. The highest BCUT2D eigenvalue weighted by atomic mass is 79.9. The molecule has 5 nitrogen and oxygen atoms in total. The van der Waals surface area contributed by atoms with Gasteiger partial charge < -0.3 is 16.2 Å². The normalized spacial score (nSPS) is 11.5. The molecular weight excluding hydrogens is 462 g/mol. The highest BCUT2D eigenvalue weighted by Gasteiger charge is 2.13. The molecule has 0 aliphatic rings. The van der Waals surface area contributed by atoms with Crippen molar-refractivity contribution in [3.8, 4) is 0 Å². The first-order chi connectivity index (χ1) is 14.3. The van der Waals surface area contributed by atoms with Gasteiger partial charge in [-0.25, -0.2) is 9.78 Å². The number of rotatable bonds is 4. The largest absolute Gasteiger partial charge is 0.477 e. The number of benzene rings is 3. The number of anilines is 2. The highest BCUT2D eigenvalue weighted by Crippen LogP contribution is 2.26. The third-order valence-electron chi connectivity index (χ3n) is 4.39. The molecule has 0 aliphatic heterocycles. The molecule has 1 atom stereocenters. The topological polar surface area (TPSA) is 88.2 Å². The Morgan fingerprint density at radius 1 is 1.10 bits per heavy atom. The zero-order valence-electron chi connectivity index (χ0n) is 16.6. The van der Waals surface area contributed by atoms with Gasteiger partial charge >= 0.3 is 5.97 Å². The second kappa shape index (κ2) is 9.84. The SMILES string of the molecule is C[C@@H](N)c1ccc2ccccc2c1.Cc1nc(Nc2ccc(Br)cc2)sc1C(=O)O. The first kappa shape index (κ1) is 22.0. The van der Waals surface area contributed by atoms with Gasteiger partial charge in [-0.15, -0.1) is 0 Å². The van der Waals surface area contributed by atoms with Gasteiger partial charge in [0.05, 0.1) is 5.69 Å². The Labute approximate surface area is 187 Å². The predicted molar refractivity (Wildman–Crippen MR) is 128 cm³/mol. The number of thiazole rings is 1. The molecule has 0 unspecified atom stereocenters. The number of carboxylic acids is 1. The Balaban J connectivity index is 0.000000177. The van der Waals surface area contributed by atoms with Gasteiger partial charge in [-0.05, 0) is 60.5 Å². The number of aromatic carboxylic acids is 1. The zero-order valence-corrected chi connectivity index (χ0v) is 19.0. The lowest BCUT2D eigenvalue weighted by atomic mass is 10.0. The second-order valence-corrected chi connectivity index (χ2v) is 8.68. The Morgan fingerprint density at radius 2 is 1.77 bits per heavy atom. The molecule has 3 aromatic carbocycles. The van der Waals surface area contributed by atoms with E-state index in [1.807, 2.05) is 43.3 Å². The highest BCUT2D eigenvalue weighted by molar-refractivity contribution is 9.10. The van der Waals surface area contributed by atoms with Crippen molar-refractivity contribution in [2.45, 2.75) is 19.9 Å². The van der Waals surface area contributed by atoms with Gasteiger partial charge in [0, 0.05) is 16.2 Å². The molecule has 0 spiro atoms. The van der Waals surface area contributed by atoms with Crippen molar-refractivity contribution >= 4 is 54.8 Å². The molecule has 4 rings (SSSR count). The minimum atomic E-state index is -0.941. The second-order valence-electron chi connectivity index (χ2n) is 6.77. The molecule has 1 heterocycles. The average molecular weight is 484 g/mol. The summed E-state index contributed by atoms with van der Waals surface area (Å²) < 4.78 is 0.990.